The molecule has 0 bridgehead atoms. The molecular weight excluding hydrogens is 225 g/mol. The van der Waals surface area contributed by atoms with Gasteiger partial charge < -0.3 is 10.7 Å². The lowest BCUT2D eigenvalue weighted by atomic mass is 10.3. The molecule has 0 amide bonds. The number of aromatic amines is 1. The Morgan fingerprint density at radius 3 is 3.00 bits per heavy atom. The molecule has 0 aliphatic rings. The summed E-state index contributed by atoms with van der Waals surface area (Å²) in [5, 5.41) is 0. The van der Waals surface area contributed by atoms with Gasteiger partial charge in [0.15, 0.2) is 5.95 Å². The lowest BCUT2D eigenvalue weighted by molar-refractivity contribution is 0.623. The van der Waals surface area contributed by atoms with Crippen LogP contribution in [-0.2, 0) is 0 Å². The molecule has 0 saturated carbocycles. The van der Waals surface area contributed by atoms with Gasteiger partial charge in [0.1, 0.15) is 11.3 Å². The molecule has 5 heteroatoms. The molecular formula is C7H5BrFN3. The van der Waals surface area contributed by atoms with E-state index in [0.29, 0.717) is 9.99 Å². The Balaban J connectivity index is 2.89. The van der Waals surface area contributed by atoms with Crippen LogP contribution in [0.3, 0.4) is 0 Å². The van der Waals surface area contributed by atoms with E-state index in [2.05, 4.69) is 25.9 Å². The van der Waals surface area contributed by atoms with Crippen LogP contribution in [0.2, 0.25) is 0 Å². The van der Waals surface area contributed by atoms with E-state index in [1.807, 2.05) is 0 Å². The highest BCUT2D eigenvalue weighted by atomic mass is 79.9. The van der Waals surface area contributed by atoms with Crippen LogP contribution in [0.1, 0.15) is 0 Å². The van der Waals surface area contributed by atoms with Gasteiger partial charge in [0.2, 0.25) is 0 Å². The maximum atomic E-state index is 12.9. The number of hydrogen-bond acceptors (Lipinski definition) is 2. The Morgan fingerprint density at radius 1 is 1.50 bits per heavy atom. The number of rotatable bonds is 0. The average molecular weight is 230 g/mol. The van der Waals surface area contributed by atoms with Crippen molar-refractivity contribution in [3.63, 3.8) is 0 Å². The van der Waals surface area contributed by atoms with E-state index in [0.717, 1.165) is 5.52 Å². The second-order valence-electron chi connectivity index (χ2n) is 2.38. The number of halogens is 2. The molecule has 1 aromatic carbocycles. The lowest BCUT2D eigenvalue weighted by Crippen LogP contribution is -1.84. The normalized spacial score (nSPS) is 10.8. The number of nitrogens with two attached hydrogens (primary N) is 1. The first kappa shape index (κ1) is 7.54. The van der Waals surface area contributed by atoms with Gasteiger partial charge in [-0.15, -0.1) is 0 Å². The number of imidazole rings is 1. The quantitative estimate of drug-likeness (QED) is 0.727. The second-order valence-corrected chi connectivity index (χ2v) is 3.17. The van der Waals surface area contributed by atoms with E-state index in [9.17, 15) is 4.39 Å². The van der Waals surface area contributed by atoms with E-state index < -0.39 is 0 Å². The van der Waals surface area contributed by atoms with Crippen molar-refractivity contribution in [1.29, 1.82) is 0 Å². The van der Waals surface area contributed by atoms with Gasteiger partial charge in [-0.05, 0) is 28.1 Å². The van der Waals surface area contributed by atoms with Crippen LogP contribution in [0, 0.1) is 5.82 Å². The van der Waals surface area contributed by atoms with Crippen molar-refractivity contribution in [3.05, 3.63) is 22.4 Å². The third-order valence-electron chi connectivity index (χ3n) is 1.56. The number of aromatic nitrogens is 2. The van der Waals surface area contributed by atoms with Crippen LogP contribution in [0.25, 0.3) is 11.0 Å². The zero-order valence-electron chi connectivity index (χ0n) is 5.94. The Labute approximate surface area is 75.9 Å². The molecule has 0 atom stereocenters. The molecule has 12 heavy (non-hydrogen) atoms. The molecule has 2 aromatic rings. The summed E-state index contributed by atoms with van der Waals surface area (Å²) in [6.45, 7) is 0. The molecule has 3 N–H and O–H groups in total. The third-order valence-corrected chi connectivity index (χ3v) is 2.32. The van der Waals surface area contributed by atoms with Gasteiger partial charge >= 0.3 is 0 Å². The molecule has 1 heterocycles. The van der Waals surface area contributed by atoms with Gasteiger partial charge in [-0.25, -0.2) is 9.37 Å². The summed E-state index contributed by atoms with van der Waals surface area (Å²) in [5.41, 5.74) is 6.64. The molecule has 1 aromatic heterocycles. The van der Waals surface area contributed by atoms with Gasteiger partial charge in [0, 0.05) is 0 Å². The minimum Gasteiger partial charge on any atom is -0.369 e. The van der Waals surface area contributed by atoms with Crippen molar-refractivity contribution in [1.82, 2.24) is 9.97 Å². The van der Waals surface area contributed by atoms with Gasteiger partial charge in [0.05, 0.1) is 9.99 Å². The Hall–Kier alpha value is -1.10. The van der Waals surface area contributed by atoms with Crippen LogP contribution < -0.4 is 5.73 Å². The second kappa shape index (κ2) is 2.45. The summed E-state index contributed by atoms with van der Waals surface area (Å²) in [7, 11) is 0. The topological polar surface area (TPSA) is 54.7 Å². The Morgan fingerprint density at radius 2 is 2.25 bits per heavy atom. The summed E-state index contributed by atoms with van der Waals surface area (Å²) in [6.07, 6.45) is 0. The predicted molar refractivity (Wildman–Crippen MR) is 48.2 cm³/mol. The number of H-pyrrole nitrogens is 1. The molecule has 62 valence electrons. The lowest BCUT2D eigenvalue weighted by Gasteiger charge is -1.92. The fourth-order valence-electron chi connectivity index (χ4n) is 1.04. The first-order valence-electron chi connectivity index (χ1n) is 3.27. The van der Waals surface area contributed by atoms with E-state index in [1.165, 1.54) is 6.07 Å². The van der Waals surface area contributed by atoms with Crippen LogP contribution in [0.4, 0.5) is 10.3 Å². The van der Waals surface area contributed by atoms with Crippen molar-refractivity contribution in [2.75, 3.05) is 5.73 Å². The van der Waals surface area contributed by atoms with Crippen LogP contribution in [-0.4, -0.2) is 9.97 Å². The van der Waals surface area contributed by atoms with E-state index >= 15 is 0 Å². The smallest absolute Gasteiger partial charge is 0.198 e. The molecule has 0 spiro atoms. The van der Waals surface area contributed by atoms with Crippen molar-refractivity contribution < 1.29 is 4.39 Å². The van der Waals surface area contributed by atoms with Gasteiger partial charge in [-0.3, -0.25) is 0 Å². The highest BCUT2D eigenvalue weighted by Gasteiger charge is 2.07. The number of benzene rings is 1. The molecule has 0 aliphatic heterocycles. The van der Waals surface area contributed by atoms with E-state index in [1.54, 1.807) is 6.07 Å². The van der Waals surface area contributed by atoms with Gasteiger partial charge in [0.25, 0.3) is 0 Å². The number of anilines is 1. The maximum Gasteiger partial charge on any atom is 0.198 e. The Bertz CT molecular complexity index is 437. The number of nitrogens with zero attached hydrogens (tertiary/aromatic N) is 1. The zero-order chi connectivity index (χ0) is 8.72. The molecule has 0 radical (unpaired) electrons. The van der Waals surface area contributed by atoms with E-state index in [-0.39, 0.29) is 11.8 Å². The largest absolute Gasteiger partial charge is 0.369 e. The minimum absolute atomic E-state index is 0.288. The monoisotopic (exact) mass is 229 g/mol. The number of nitrogen functional groups attached to an aromatic ring is 1. The fraction of sp³-hybridized carbons (Fsp3) is 0. The highest BCUT2D eigenvalue weighted by molar-refractivity contribution is 9.10. The summed E-state index contributed by atoms with van der Waals surface area (Å²) >= 11 is 3.08. The first-order chi connectivity index (χ1) is 5.68. The summed E-state index contributed by atoms with van der Waals surface area (Å²) in [5.74, 6) is -0.0506. The van der Waals surface area contributed by atoms with Crippen LogP contribution in [0.5, 0.6) is 0 Å². The minimum atomic E-state index is -0.339. The number of nitrogens with one attached hydrogen (secondary N) is 1. The molecule has 0 fully saturated rings. The van der Waals surface area contributed by atoms with Crippen LogP contribution >= 0.6 is 15.9 Å². The van der Waals surface area contributed by atoms with Crippen molar-refractivity contribution in [3.8, 4) is 0 Å². The molecule has 3 nitrogen and oxygen atoms in total. The Kier molecular flexibility index (Phi) is 1.54. The highest BCUT2D eigenvalue weighted by Crippen LogP contribution is 2.25. The van der Waals surface area contributed by atoms with Gasteiger partial charge in [-0.2, -0.15) is 0 Å². The average Bonchev–Trinajstić information content (AvgIpc) is 2.39. The van der Waals surface area contributed by atoms with E-state index in [4.69, 9.17) is 5.73 Å². The standard InChI is InChI=1S/C7H5BrFN3/c8-5-3(9)1-2-4-6(5)12-7(10)11-4/h1-2H,(H3,10,11,12). The molecule has 0 saturated heterocycles. The molecule has 2 rings (SSSR count). The van der Waals surface area contributed by atoms with Crippen molar-refractivity contribution in [2.24, 2.45) is 0 Å². The predicted octanol–water partition coefficient (Wildman–Crippen LogP) is 2.05. The summed E-state index contributed by atoms with van der Waals surface area (Å²) in [6, 6.07) is 2.95. The van der Waals surface area contributed by atoms with Gasteiger partial charge in [-0.1, -0.05) is 0 Å². The summed E-state index contributed by atoms with van der Waals surface area (Å²) in [4.78, 5) is 6.71. The van der Waals surface area contributed by atoms with Crippen molar-refractivity contribution >= 4 is 32.9 Å². The summed E-state index contributed by atoms with van der Waals surface area (Å²) < 4.78 is 13.3. The first-order valence-corrected chi connectivity index (χ1v) is 4.07. The number of hydrogen-bond donors (Lipinski definition) is 2. The van der Waals surface area contributed by atoms with Crippen LogP contribution in [0.15, 0.2) is 16.6 Å². The SMILES string of the molecule is Nc1nc2c(Br)c(F)ccc2[nH]1. The molecule has 0 unspecified atom stereocenters. The maximum absolute atomic E-state index is 12.9. The fourth-order valence-corrected chi connectivity index (χ4v) is 1.47. The third kappa shape index (κ3) is 0.972. The number of fused-ring (bicyclic) bond motifs is 1. The van der Waals surface area contributed by atoms with Crippen molar-refractivity contribution in [2.45, 2.75) is 0 Å². The molecule has 0 aliphatic carbocycles. The zero-order valence-corrected chi connectivity index (χ0v) is 7.52.